The third-order valence-corrected chi connectivity index (χ3v) is 2.48. The quantitative estimate of drug-likeness (QED) is 0.500. The summed E-state index contributed by atoms with van der Waals surface area (Å²) >= 11 is 0. The van der Waals surface area contributed by atoms with Crippen LogP contribution in [0.3, 0.4) is 0 Å². The van der Waals surface area contributed by atoms with E-state index in [1.165, 1.54) is 7.05 Å². The molecule has 11 heavy (non-hydrogen) atoms. The molecule has 0 saturated carbocycles. The molecule has 6 heteroatoms. The molecule has 0 fully saturated rings. The summed E-state index contributed by atoms with van der Waals surface area (Å²) in [6, 6.07) is -0.396. The zero-order valence-electron chi connectivity index (χ0n) is 6.66. The summed E-state index contributed by atoms with van der Waals surface area (Å²) in [6.45, 7) is 1.61. The average Bonchev–Trinajstić information content (AvgIpc) is 2.00. The molecule has 0 rings (SSSR count). The summed E-state index contributed by atoms with van der Waals surface area (Å²) in [5.74, 6) is 0. The second kappa shape index (κ2) is 4.66. The van der Waals surface area contributed by atoms with Gasteiger partial charge in [0, 0.05) is 13.1 Å². The van der Waals surface area contributed by atoms with Gasteiger partial charge >= 0.3 is 0 Å². The van der Waals surface area contributed by atoms with E-state index in [0.29, 0.717) is 6.42 Å². The Labute approximate surface area is 67.0 Å². The lowest BCUT2D eigenvalue weighted by molar-refractivity contribution is 0.253. The van der Waals surface area contributed by atoms with Crippen molar-refractivity contribution in [1.29, 1.82) is 0 Å². The molecule has 0 aromatic rings. The molecule has 68 valence electrons. The van der Waals surface area contributed by atoms with E-state index in [0.717, 1.165) is 0 Å². The predicted octanol–water partition coefficient (Wildman–Crippen LogP) is -1.19. The Morgan fingerprint density at radius 3 is 2.36 bits per heavy atom. The van der Waals surface area contributed by atoms with Gasteiger partial charge in [0.1, 0.15) is 0 Å². The Balaban J connectivity index is 4.01. The lowest BCUT2D eigenvalue weighted by Gasteiger charge is -2.12. The normalized spacial score (nSPS) is 14.8. The van der Waals surface area contributed by atoms with Gasteiger partial charge in [-0.15, -0.1) is 0 Å². The van der Waals surface area contributed by atoms with Gasteiger partial charge in [0.15, 0.2) is 0 Å². The van der Waals surface area contributed by atoms with Crippen LogP contribution in [0.2, 0.25) is 0 Å². The number of aliphatic hydroxyl groups is 1. The van der Waals surface area contributed by atoms with Gasteiger partial charge in [-0.3, -0.25) is 0 Å². The molecule has 0 heterocycles. The van der Waals surface area contributed by atoms with Gasteiger partial charge in [-0.1, -0.05) is 6.92 Å². The van der Waals surface area contributed by atoms with E-state index >= 15 is 0 Å². The Kier molecular flexibility index (Phi) is 4.58. The van der Waals surface area contributed by atoms with E-state index in [1.807, 2.05) is 0 Å². The van der Waals surface area contributed by atoms with E-state index in [1.54, 1.807) is 6.92 Å². The Bertz CT molecular complexity index is 186. The molecule has 0 aliphatic rings. The molecule has 1 atom stereocenters. The van der Waals surface area contributed by atoms with Crippen LogP contribution in [0.4, 0.5) is 0 Å². The molecule has 0 aromatic heterocycles. The third-order valence-electron chi connectivity index (χ3n) is 1.30. The van der Waals surface area contributed by atoms with E-state index in [9.17, 15) is 8.42 Å². The molecule has 0 amide bonds. The first-order valence-electron chi connectivity index (χ1n) is 3.37. The highest BCUT2D eigenvalue weighted by molar-refractivity contribution is 7.87. The lowest BCUT2D eigenvalue weighted by Crippen LogP contribution is -2.42. The second-order valence-corrected chi connectivity index (χ2v) is 3.76. The van der Waals surface area contributed by atoms with Gasteiger partial charge < -0.3 is 5.11 Å². The van der Waals surface area contributed by atoms with Crippen molar-refractivity contribution >= 4 is 10.2 Å². The van der Waals surface area contributed by atoms with Gasteiger partial charge in [0.25, 0.3) is 10.2 Å². The molecule has 0 saturated heterocycles. The molecular weight excluding hydrogens is 168 g/mol. The van der Waals surface area contributed by atoms with Crippen LogP contribution in [-0.4, -0.2) is 33.2 Å². The van der Waals surface area contributed by atoms with Crippen LogP contribution < -0.4 is 9.44 Å². The molecule has 0 spiro atoms. The minimum absolute atomic E-state index is 0.183. The predicted molar refractivity (Wildman–Crippen MR) is 42.3 cm³/mol. The lowest BCUT2D eigenvalue weighted by atomic mass is 10.3. The molecule has 0 aromatic carbocycles. The Morgan fingerprint density at radius 1 is 1.55 bits per heavy atom. The van der Waals surface area contributed by atoms with Crippen LogP contribution in [0.5, 0.6) is 0 Å². The molecule has 0 radical (unpaired) electrons. The van der Waals surface area contributed by atoms with Crippen molar-refractivity contribution in [2.75, 3.05) is 13.7 Å². The maximum absolute atomic E-state index is 10.8. The van der Waals surface area contributed by atoms with Crippen molar-refractivity contribution < 1.29 is 13.5 Å². The fourth-order valence-electron chi connectivity index (χ4n) is 0.528. The SMILES string of the molecule is CC[C@H](CO)NS(=O)(=O)NC. The summed E-state index contributed by atoms with van der Waals surface area (Å²) < 4.78 is 25.9. The van der Waals surface area contributed by atoms with E-state index in [4.69, 9.17) is 5.11 Å². The van der Waals surface area contributed by atoms with Crippen molar-refractivity contribution in [3.8, 4) is 0 Å². The Hall–Kier alpha value is -0.170. The highest BCUT2D eigenvalue weighted by Gasteiger charge is 2.12. The first-order chi connectivity index (χ1) is 5.05. The molecular formula is C5H14N2O3S. The van der Waals surface area contributed by atoms with Gasteiger partial charge in [-0.2, -0.15) is 13.1 Å². The van der Waals surface area contributed by atoms with Crippen molar-refractivity contribution in [2.24, 2.45) is 0 Å². The third kappa shape index (κ3) is 4.31. The molecule has 0 unspecified atom stereocenters. The van der Waals surface area contributed by atoms with Crippen LogP contribution >= 0.6 is 0 Å². The van der Waals surface area contributed by atoms with Crippen molar-refractivity contribution in [3.05, 3.63) is 0 Å². The smallest absolute Gasteiger partial charge is 0.276 e. The maximum atomic E-state index is 10.8. The van der Waals surface area contributed by atoms with Gasteiger partial charge in [0.05, 0.1) is 6.61 Å². The molecule has 5 nitrogen and oxygen atoms in total. The van der Waals surface area contributed by atoms with Crippen LogP contribution in [-0.2, 0) is 10.2 Å². The van der Waals surface area contributed by atoms with Crippen molar-refractivity contribution in [3.63, 3.8) is 0 Å². The summed E-state index contributed by atoms with van der Waals surface area (Å²) in [5.41, 5.74) is 0. The maximum Gasteiger partial charge on any atom is 0.276 e. The van der Waals surface area contributed by atoms with Crippen LogP contribution in [0.15, 0.2) is 0 Å². The number of nitrogens with one attached hydrogen (secondary N) is 2. The number of rotatable bonds is 5. The van der Waals surface area contributed by atoms with Crippen LogP contribution in [0.25, 0.3) is 0 Å². The van der Waals surface area contributed by atoms with E-state index < -0.39 is 16.3 Å². The molecule has 0 aliphatic carbocycles. The van der Waals surface area contributed by atoms with E-state index in [-0.39, 0.29) is 6.61 Å². The van der Waals surface area contributed by atoms with Crippen LogP contribution in [0.1, 0.15) is 13.3 Å². The minimum atomic E-state index is -3.40. The van der Waals surface area contributed by atoms with Crippen molar-refractivity contribution in [2.45, 2.75) is 19.4 Å². The molecule has 0 aliphatic heterocycles. The zero-order chi connectivity index (χ0) is 8.91. The monoisotopic (exact) mass is 182 g/mol. The first-order valence-corrected chi connectivity index (χ1v) is 4.85. The fraction of sp³-hybridized carbons (Fsp3) is 1.00. The standard InChI is InChI=1S/C5H14N2O3S/c1-3-5(4-8)7-11(9,10)6-2/h5-8H,3-4H2,1-2H3/t5-/m1/s1. The number of aliphatic hydroxyl groups excluding tert-OH is 1. The first kappa shape index (κ1) is 10.8. The fourth-order valence-corrected chi connectivity index (χ4v) is 1.33. The molecule has 3 N–H and O–H groups in total. The average molecular weight is 182 g/mol. The second-order valence-electron chi connectivity index (χ2n) is 2.11. The molecule has 0 bridgehead atoms. The zero-order valence-corrected chi connectivity index (χ0v) is 7.48. The Morgan fingerprint density at radius 2 is 2.09 bits per heavy atom. The van der Waals surface area contributed by atoms with Crippen molar-refractivity contribution in [1.82, 2.24) is 9.44 Å². The minimum Gasteiger partial charge on any atom is -0.395 e. The highest BCUT2D eigenvalue weighted by Crippen LogP contribution is 1.90. The highest BCUT2D eigenvalue weighted by atomic mass is 32.2. The van der Waals surface area contributed by atoms with Crippen LogP contribution in [0, 0.1) is 0 Å². The van der Waals surface area contributed by atoms with Gasteiger partial charge in [-0.25, -0.2) is 4.72 Å². The summed E-state index contributed by atoms with van der Waals surface area (Å²) in [4.78, 5) is 0. The summed E-state index contributed by atoms with van der Waals surface area (Å²) in [6.07, 6.45) is 0.567. The topological polar surface area (TPSA) is 78.4 Å². The number of hydrogen-bond acceptors (Lipinski definition) is 3. The largest absolute Gasteiger partial charge is 0.395 e. The number of hydrogen-bond donors (Lipinski definition) is 3. The summed E-state index contributed by atoms with van der Waals surface area (Å²) in [7, 11) is -2.09. The van der Waals surface area contributed by atoms with E-state index in [2.05, 4.69) is 9.44 Å². The van der Waals surface area contributed by atoms with Gasteiger partial charge in [0.2, 0.25) is 0 Å². The summed E-state index contributed by atoms with van der Waals surface area (Å²) in [5, 5.41) is 8.63. The van der Waals surface area contributed by atoms with Gasteiger partial charge in [-0.05, 0) is 6.42 Å².